The highest BCUT2D eigenvalue weighted by atomic mass is 35.5. The van der Waals surface area contributed by atoms with Crippen LogP contribution in [0.4, 0.5) is 5.82 Å². The summed E-state index contributed by atoms with van der Waals surface area (Å²) in [5.74, 6) is 3.14. The molecule has 3 rings (SSSR count). The van der Waals surface area contributed by atoms with Crippen molar-refractivity contribution in [2.75, 3.05) is 5.73 Å². The Morgan fingerprint density at radius 1 is 1.31 bits per heavy atom. The number of rotatable bonds is 1. The lowest BCUT2D eigenvalue weighted by molar-refractivity contribution is 1.09. The van der Waals surface area contributed by atoms with E-state index >= 15 is 0 Å². The number of thiophene rings is 1. The van der Waals surface area contributed by atoms with Gasteiger partial charge in [0.05, 0.1) is 15.6 Å². The Kier molecular flexibility index (Phi) is 2.53. The molecule has 3 heterocycles. The van der Waals surface area contributed by atoms with Crippen molar-refractivity contribution in [3.63, 3.8) is 0 Å². The first kappa shape index (κ1) is 10.4. The van der Waals surface area contributed by atoms with Crippen LogP contribution in [0.3, 0.4) is 0 Å². The van der Waals surface area contributed by atoms with Gasteiger partial charge in [-0.25, -0.2) is 9.97 Å². The fraction of sp³-hybridized carbons (Fsp3) is 0.200. The van der Waals surface area contributed by atoms with E-state index in [4.69, 9.17) is 17.3 Å². The van der Waals surface area contributed by atoms with E-state index in [0.29, 0.717) is 11.6 Å². The van der Waals surface area contributed by atoms with Crippen molar-refractivity contribution in [3.8, 4) is 10.7 Å². The van der Waals surface area contributed by atoms with Crippen LogP contribution in [-0.4, -0.2) is 9.97 Å². The molecule has 1 aliphatic rings. The van der Waals surface area contributed by atoms with E-state index in [0.717, 1.165) is 32.7 Å². The average Bonchev–Trinajstić information content (AvgIpc) is 2.85. The van der Waals surface area contributed by atoms with E-state index < -0.39 is 0 Å². The monoisotopic (exact) mass is 269 g/mol. The zero-order valence-electron chi connectivity index (χ0n) is 8.24. The molecule has 6 heteroatoms. The number of halogens is 1. The van der Waals surface area contributed by atoms with Gasteiger partial charge in [-0.1, -0.05) is 11.6 Å². The average molecular weight is 270 g/mol. The van der Waals surface area contributed by atoms with Crippen LogP contribution in [0.2, 0.25) is 5.02 Å². The van der Waals surface area contributed by atoms with Crippen molar-refractivity contribution in [3.05, 3.63) is 27.7 Å². The maximum Gasteiger partial charge on any atom is 0.171 e. The zero-order valence-corrected chi connectivity index (χ0v) is 10.6. The molecule has 0 atom stereocenters. The van der Waals surface area contributed by atoms with Crippen molar-refractivity contribution < 1.29 is 0 Å². The number of hydrogen-bond donors (Lipinski definition) is 1. The molecule has 0 spiro atoms. The highest BCUT2D eigenvalue weighted by Crippen LogP contribution is 2.34. The molecular formula is C10H8ClN3S2. The number of thioether (sulfide) groups is 1. The minimum atomic E-state index is 0.606. The second-order valence-corrected chi connectivity index (χ2v) is 5.81. The van der Waals surface area contributed by atoms with Crippen LogP contribution in [0, 0.1) is 0 Å². The van der Waals surface area contributed by atoms with Crippen molar-refractivity contribution in [2.45, 2.75) is 11.5 Å². The molecule has 0 bridgehead atoms. The van der Waals surface area contributed by atoms with Crippen LogP contribution >= 0.6 is 34.7 Å². The Hall–Kier alpha value is -0.780. The number of fused-ring (bicyclic) bond motifs is 1. The Bertz CT molecular complexity index is 553. The van der Waals surface area contributed by atoms with Crippen LogP contribution in [-0.2, 0) is 11.5 Å². The number of aromatic nitrogens is 2. The third-order valence-electron chi connectivity index (χ3n) is 2.40. The molecule has 2 aromatic heterocycles. The molecule has 0 amide bonds. The van der Waals surface area contributed by atoms with Crippen LogP contribution in [0.5, 0.6) is 0 Å². The smallest absolute Gasteiger partial charge is 0.171 e. The molecule has 16 heavy (non-hydrogen) atoms. The molecule has 2 aromatic rings. The topological polar surface area (TPSA) is 51.8 Å². The van der Waals surface area contributed by atoms with Gasteiger partial charge in [0.15, 0.2) is 5.82 Å². The summed E-state index contributed by atoms with van der Waals surface area (Å²) in [6.45, 7) is 0. The van der Waals surface area contributed by atoms with Crippen LogP contribution in [0.25, 0.3) is 10.7 Å². The molecule has 0 saturated heterocycles. The van der Waals surface area contributed by atoms with Crippen LogP contribution < -0.4 is 5.73 Å². The lowest BCUT2D eigenvalue weighted by Crippen LogP contribution is -2.02. The Morgan fingerprint density at radius 3 is 2.94 bits per heavy atom. The van der Waals surface area contributed by atoms with E-state index in [-0.39, 0.29) is 0 Å². The quantitative estimate of drug-likeness (QED) is 0.864. The molecule has 0 unspecified atom stereocenters. The van der Waals surface area contributed by atoms with Gasteiger partial charge in [-0.15, -0.1) is 11.3 Å². The van der Waals surface area contributed by atoms with E-state index in [9.17, 15) is 0 Å². The van der Waals surface area contributed by atoms with Gasteiger partial charge in [0, 0.05) is 22.4 Å². The van der Waals surface area contributed by atoms with Crippen molar-refractivity contribution in [1.29, 1.82) is 0 Å². The first-order valence-corrected chi connectivity index (χ1v) is 7.12. The summed E-state index contributed by atoms with van der Waals surface area (Å²) < 4.78 is 0. The normalized spacial score (nSPS) is 14.1. The first-order valence-electron chi connectivity index (χ1n) is 4.71. The van der Waals surface area contributed by atoms with Crippen LogP contribution in [0.15, 0.2) is 11.4 Å². The summed E-state index contributed by atoms with van der Waals surface area (Å²) in [6, 6.07) is 1.87. The Labute approximate surface area is 106 Å². The summed E-state index contributed by atoms with van der Waals surface area (Å²) in [7, 11) is 0. The maximum atomic E-state index is 5.92. The van der Waals surface area contributed by atoms with Gasteiger partial charge in [-0.3, -0.25) is 0 Å². The number of hydrogen-bond acceptors (Lipinski definition) is 5. The minimum Gasteiger partial charge on any atom is -0.383 e. The van der Waals surface area contributed by atoms with Crippen molar-refractivity contribution >= 4 is 40.5 Å². The van der Waals surface area contributed by atoms with Crippen molar-refractivity contribution in [2.24, 2.45) is 0 Å². The zero-order chi connectivity index (χ0) is 11.1. The molecule has 0 radical (unpaired) electrons. The minimum absolute atomic E-state index is 0.606. The van der Waals surface area contributed by atoms with Gasteiger partial charge < -0.3 is 5.73 Å². The second-order valence-electron chi connectivity index (χ2n) is 3.48. The number of nitrogen functional groups attached to an aromatic ring is 1. The fourth-order valence-electron chi connectivity index (χ4n) is 1.62. The molecule has 0 fully saturated rings. The van der Waals surface area contributed by atoms with Gasteiger partial charge in [-0.05, 0) is 6.07 Å². The van der Waals surface area contributed by atoms with Gasteiger partial charge >= 0.3 is 0 Å². The summed E-state index contributed by atoms with van der Waals surface area (Å²) >= 11 is 9.25. The summed E-state index contributed by atoms with van der Waals surface area (Å²) in [5.41, 5.74) is 8.08. The number of nitrogens with zero attached hydrogens (tertiary/aromatic N) is 2. The molecule has 2 N–H and O–H groups in total. The highest BCUT2D eigenvalue weighted by Gasteiger charge is 2.19. The Balaban J connectivity index is 2.12. The molecule has 1 aliphatic heterocycles. The fourth-order valence-corrected chi connectivity index (χ4v) is 3.68. The van der Waals surface area contributed by atoms with E-state index in [2.05, 4.69) is 9.97 Å². The largest absolute Gasteiger partial charge is 0.383 e. The molecule has 3 nitrogen and oxygen atoms in total. The maximum absolute atomic E-state index is 5.92. The summed E-state index contributed by atoms with van der Waals surface area (Å²) in [4.78, 5) is 9.84. The third-order valence-corrected chi connectivity index (χ3v) is 4.64. The van der Waals surface area contributed by atoms with Crippen molar-refractivity contribution in [1.82, 2.24) is 9.97 Å². The third kappa shape index (κ3) is 1.69. The standard InChI is InChI=1S/C10H8ClN3S2/c11-5-1-8(16-2-5)10-13-7-4-15-3-6(7)9(12)14-10/h1-2H,3-4H2,(H2,12,13,14). The molecule has 82 valence electrons. The molecule has 0 aromatic carbocycles. The van der Waals surface area contributed by atoms with Gasteiger partial charge in [0.25, 0.3) is 0 Å². The number of nitrogens with two attached hydrogens (primary N) is 1. The predicted octanol–water partition coefficient (Wildman–Crippen LogP) is 3.19. The molecule has 0 saturated carbocycles. The predicted molar refractivity (Wildman–Crippen MR) is 69.8 cm³/mol. The van der Waals surface area contributed by atoms with Gasteiger partial charge in [-0.2, -0.15) is 11.8 Å². The second kappa shape index (κ2) is 3.91. The van der Waals surface area contributed by atoms with E-state index in [1.165, 1.54) is 11.3 Å². The summed E-state index contributed by atoms with van der Waals surface area (Å²) in [5, 5.41) is 2.59. The van der Waals surface area contributed by atoms with Gasteiger partial charge in [0.1, 0.15) is 5.82 Å². The number of anilines is 1. The van der Waals surface area contributed by atoms with E-state index in [1.54, 1.807) is 0 Å². The SMILES string of the molecule is Nc1nc(-c2cc(Cl)cs2)nc2c1CSC2. The molecular weight excluding hydrogens is 262 g/mol. The van der Waals surface area contributed by atoms with Gasteiger partial charge in [0.2, 0.25) is 0 Å². The molecule has 0 aliphatic carbocycles. The van der Waals surface area contributed by atoms with E-state index in [1.807, 2.05) is 23.2 Å². The first-order chi connectivity index (χ1) is 7.74. The van der Waals surface area contributed by atoms with Crippen LogP contribution in [0.1, 0.15) is 11.3 Å². The lowest BCUT2D eigenvalue weighted by Gasteiger charge is -2.03. The Morgan fingerprint density at radius 2 is 2.19 bits per heavy atom. The summed E-state index contributed by atoms with van der Waals surface area (Å²) in [6.07, 6.45) is 0. The lowest BCUT2D eigenvalue weighted by atomic mass is 10.2. The highest BCUT2D eigenvalue weighted by molar-refractivity contribution is 7.98.